The van der Waals surface area contributed by atoms with Crippen LogP contribution >= 0.6 is 0 Å². The summed E-state index contributed by atoms with van der Waals surface area (Å²) >= 11 is 0. The Morgan fingerprint density at radius 2 is 2.33 bits per heavy atom. The predicted molar refractivity (Wildman–Crippen MR) is 28.8 cm³/mol. The van der Waals surface area contributed by atoms with Crippen LogP contribution in [0.3, 0.4) is 0 Å². The summed E-state index contributed by atoms with van der Waals surface area (Å²) < 4.78 is 10.1. The van der Waals surface area contributed by atoms with E-state index < -0.39 is 0 Å². The van der Waals surface area contributed by atoms with Crippen molar-refractivity contribution in [3.63, 3.8) is 0 Å². The lowest BCUT2D eigenvalue weighted by Crippen LogP contribution is -2.13. The first-order valence-electron chi connectivity index (χ1n) is 3.14. The average Bonchev–Trinajstić information content (AvgIpc) is 2.35. The Hall–Kier alpha value is -0.410. The molecule has 0 aromatic rings. The van der Waals surface area contributed by atoms with E-state index in [9.17, 15) is 4.79 Å². The van der Waals surface area contributed by atoms with Gasteiger partial charge in [-0.1, -0.05) is 0 Å². The molecule has 0 N–H and O–H groups in total. The standard InChI is InChI=1S/C6H8O3/c7-5-3-9-6-4(5)1-2-8-6/h4,6H,1-3H2/t4-,6?/m0/s1. The van der Waals surface area contributed by atoms with Gasteiger partial charge >= 0.3 is 0 Å². The molecule has 9 heavy (non-hydrogen) atoms. The third-order valence-electron chi connectivity index (χ3n) is 1.84. The molecule has 2 atom stereocenters. The number of ether oxygens (including phenoxy) is 2. The summed E-state index contributed by atoms with van der Waals surface area (Å²) in [6.07, 6.45) is 0.654. The van der Waals surface area contributed by atoms with E-state index in [0.717, 1.165) is 6.42 Å². The van der Waals surface area contributed by atoms with Gasteiger partial charge in [0.15, 0.2) is 12.1 Å². The molecule has 3 nitrogen and oxygen atoms in total. The lowest BCUT2D eigenvalue weighted by molar-refractivity contribution is -0.120. The molecule has 1 unspecified atom stereocenters. The van der Waals surface area contributed by atoms with Gasteiger partial charge < -0.3 is 9.47 Å². The number of carbonyl (C=O) groups is 1. The minimum absolute atomic E-state index is 0.0602. The van der Waals surface area contributed by atoms with Gasteiger partial charge in [-0.3, -0.25) is 4.79 Å². The molecule has 2 fully saturated rings. The minimum Gasteiger partial charge on any atom is -0.352 e. The van der Waals surface area contributed by atoms with Gasteiger partial charge in [0, 0.05) is 0 Å². The van der Waals surface area contributed by atoms with E-state index >= 15 is 0 Å². The van der Waals surface area contributed by atoms with Crippen LogP contribution < -0.4 is 0 Å². The maximum atomic E-state index is 10.9. The molecule has 0 amide bonds. The van der Waals surface area contributed by atoms with Gasteiger partial charge in [-0.05, 0) is 6.42 Å². The Bertz CT molecular complexity index is 143. The number of carbonyl (C=O) groups excluding carboxylic acids is 1. The van der Waals surface area contributed by atoms with E-state index in [2.05, 4.69) is 0 Å². The van der Waals surface area contributed by atoms with Crippen molar-refractivity contribution in [2.75, 3.05) is 13.2 Å². The molecular weight excluding hydrogens is 120 g/mol. The number of hydrogen-bond acceptors (Lipinski definition) is 3. The summed E-state index contributed by atoms with van der Waals surface area (Å²) in [4.78, 5) is 10.9. The molecular formula is C6H8O3. The largest absolute Gasteiger partial charge is 0.352 e. The zero-order valence-electron chi connectivity index (χ0n) is 5.00. The van der Waals surface area contributed by atoms with E-state index in [0.29, 0.717) is 6.61 Å². The number of hydrogen-bond donors (Lipinski definition) is 0. The second kappa shape index (κ2) is 1.78. The van der Waals surface area contributed by atoms with Crippen LogP contribution in [0.4, 0.5) is 0 Å². The molecule has 2 heterocycles. The number of rotatable bonds is 0. The van der Waals surface area contributed by atoms with Crippen LogP contribution in [0.5, 0.6) is 0 Å². The van der Waals surface area contributed by atoms with Crippen LogP contribution in [0.2, 0.25) is 0 Å². The zero-order chi connectivity index (χ0) is 6.27. The van der Waals surface area contributed by atoms with Crippen molar-refractivity contribution < 1.29 is 14.3 Å². The molecule has 0 bridgehead atoms. The van der Waals surface area contributed by atoms with E-state index in [1.54, 1.807) is 0 Å². The van der Waals surface area contributed by atoms with Gasteiger partial charge in [0.2, 0.25) is 0 Å². The first-order chi connectivity index (χ1) is 4.38. The summed E-state index contributed by atoms with van der Waals surface area (Å²) in [5, 5.41) is 0. The van der Waals surface area contributed by atoms with Crippen molar-refractivity contribution in [3.8, 4) is 0 Å². The van der Waals surface area contributed by atoms with Gasteiger partial charge in [0.05, 0.1) is 12.5 Å². The third kappa shape index (κ3) is 0.686. The van der Waals surface area contributed by atoms with Crippen molar-refractivity contribution in [3.05, 3.63) is 0 Å². The van der Waals surface area contributed by atoms with Gasteiger partial charge in [0.1, 0.15) is 6.61 Å². The zero-order valence-corrected chi connectivity index (χ0v) is 5.00. The Morgan fingerprint density at radius 1 is 1.44 bits per heavy atom. The minimum atomic E-state index is -0.197. The lowest BCUT2D eigenvalue weighted by Gasteiger charge is -2.02. The van der Waals surface area contributed by atoms with Crippen LogP contribution in [0, 0.1) is 5.92 Å². The molecule has 0 aromatic carbocycles. The van der Waals surface area contributed by atoms with E-state index in [4.69, 9.17) is 9.47 Å². The molecule has 2 aliphatic rings. The Balaban J connectivity index is 2.15. The van der Waals surface area contributed by atoms with Crippen LogP contribution in [0.25, 0.3) is 0 Å². The highest BCUT2D eigenvalue weighted by atomic mass is 16.7. The topological polar surface area (TPSA) is 35.5 Å². The first kappa shape index (κ1) is 5.38. The Morgan fingerprint density at radius 3 is 3.11 bits per heavy atom. The maximum absolute atomic E-state index is 10.9. The van der Waals surface area contributed by atoms with Crippen molar-refractivity contribution in [1.82, 2.24) is 0 Å². The predicted octanol–water partition coefficient (Wildman–Crippen LogP) is -0.0517. The highest BCUT2D eigenvalue weighted by Crippen LogP contribution is 2.27. The smallest absolute Gasteiger partial charge is 0.168 e. The Labute approximate surface area is 52.9 Å². The first-order valence-corrected chi connectivity index (χ1v) is 3.14. The van der Waals surface area contributed by atoms with Crippen molar-refractivity contribution in [2.24, 2.45) is 5.92 Å². The summed E-state index contributed by atoms with van der Waals surface area (Å²) in [5.41, 5.74) is 0. The number of Topliss-reactive ketones (excluding diaryl/α,β-unsaturated/α-hetero) is 1. The van der Waals surface area contributed by atoms with Crippen molar-refractivity contribution in [1.29, 1.82) is 0 Å². The highest BCUT2D eigenvalue weighted by molar-refractivity contribution is 5.84. The molecule has 0 saturated carbocycles. The summed E-state index contributed by atoms with van der Waals surface area (Å²) in [7, 11) is 0. The summed E-state index contributed by atoms with van der Waals surface area (Å²) in [6.45, 7) is 0.941. The number of ketones is 1. The Kier molecular flexibility index (Phi) is 1.07. The molecule has 0 radical (unpaired) electrons. The molecule has 2 saturated heterocycles. The SMILES string of the molecule is O=C1COC2OCC[C@@H]12. The van der Waals surface area contributed by atoms with E-state index in [-0.39, 0.29) is 24.6 Å². The normalized spacial score (nSPS) is 41.6. The molecule has 50 valence electrons. The maximum Gasteiger partial charge on any atom is 0.168 e. The van der Waals surface area contributed by atoms with Crippen molar-refractivity contribution in [2.45, 2.75) is 12.7 Å². The fourth-order valence-corrected chi connectivity index (χ4v) is 1.31. The highest BCUT2D eigenvalue weighted by Gasteiger charge is 2.40. The van der Waals surface area contributed by atoms with Crippen LogP contribution in [0.15, 0.2) is 0 Å². The molecule has 0 spiro atoms. The molecule has 0 aliphatic carbocycles. The van der Waals surface area contributed by atoms with Crippen LogP contribution in [0.1, 0.15) is 6.42 Å². The van der Waals surface area contributed by atoms with Gasteiger partial charge in [-0.2, -0.15) is 0 Å². The molecule has 2 rings (SSSR count). The van der Waals surface area contributed by atoms with Crippen LogP contribution in [-0.4, -0.2) is 25.3 Å². The fraction of sp³-hybridized carbons (Fsp3) is 0.833. The fourth-order valence-electron chi connectivity index (χ4n) is 1.31. The summed E-state index contributed by atoms with van der Waals surface area (Å²) in [6, 6.07) is 0. The van der Waals surface area contributed by atoms with E-state index in [1.165, 1.54) is 0 Å². The quantitative estimate of drug-likeness (QED) is 0.458. The van der Waals surface area contributed by atoms with Crippen LogP contribution in [-0.2, 0) is 14.3 Å². The third-order valence-corrected chi connectivity index (χ3v) is 1.84. The second-order valence-electron chi connectivity index (χ2n) is 2.41. The van der Waals surface area contributed by atoms with E-state index in [1.807, 2.05) is 0 Å². The second-order valence-corrected chi connectivity index (χ2v) is 2.41. The summed E-state index contributed by atoms with van der Waals surface area (Å²) in [5.74, 6) is 0.266. The van der Waals surface area contributed by atoms with Crippen molar-refractivity contribution >= 4 is 5.78 Å². The van der Waals surface area contributed by atoms with Gasteiger partial charge in [-0.15, -0.1) is 0 Å². The van der Waals surface area contributed by atoms with Gasteiger partial charge in [0.25, 0.3) is 0 Å². The molecule has 2 aliphatic heterocycles. The molecule has 0 aromatic heterocycles. The molecule has 3 heteroatoms. The monoisotopic (exact) mass is 128 g/mol. The average molecular weight is 128 g/mol. The van der Waals surface area contributed by atoms with Gasteiger partial charge in [-0.25, -0.2) is 0 Å². The lowest BCUT2D eigenvalue weighted by atomic mass is 10.1. The number of fused-ring (bicyclic) bond motifs is 1.